The van der Waals surface area contributed by atoms with E-state index in [2.05, 4.69) is 20.7 Å². The van der Waals surface area contributed by atoms with Gasteiger partial charge in [-0.05, 0) is 37.1 Å². The molecule has 11 nitrogen and oxygen atoms in total. The molecule has 14 heteroatoms. The highest BCUT2D eigenvalue weighted by atomic mass is 32.2. The standard InChI is InChI=1S/C29H29F2N7O4S/c1-16-15-42-9-8-38(16)29-21-10-17(19-4-3-5-20(26(19)31)23(30)6-7-35-43(39)40)11-24(41-2)27(21)36-28(37-29)22-14-34-25(33)12-18(22)13-32/h3-5,10-12,14,16,23,43H,6-9,15H2,1-2H3,(H2,33,34)(H,35,39,40). The van der Waals surface area contributed by atoms with E-state index in [0.29, 0.717) is 53.4 Å². The average Bonchev–Trinajstić information content (AvgIpc) is 3.00. The fourth-order valence-electron chi connectivity index (χ4n) is 5.07. The largest absolute Gasteiger partial charge is 0.494 e. The van der Waals surface area contributed by atoms with Crippen molar-refractivity contribution in [2.24, 2.45) is 0 Å². The van der Waals surface area contributed by atoms with E-state index in [-0.39, 0.29) is 47.3 Å². The summed E-state index contributed by atoms with van der Waals surface area (Å²) in [6.07, 6.45) is -0.518. The fourth-order valence-corrected chi connectivity index (χ4v) is 5.38. The van der Waals surface area contributed by atoms with Crippen LogP contribution in [0.4, 0.5) is 20.4 Å². The Kier molecular flexibility index (Phi) is 8.95. The van der Waals surface area contributed by atoms with Crippen LogP contribution in [0.1, 0.15) is 30.6 Å². The lowest BCUT2D eigenvalue weighted by molar-refractivity contribution is 0.0987. The van der Waals surface area contributed by atoms with Crippen molar-refractivity contribution >= 4 is 33.4 Å². The van der Waals surface area contributed by atoms with E-state index >= 15 is 8.78 Å². The number of aromatic nitrogens is 3. The average molecular weight is 610 g/mol. The molecule has 1 aliphatic rings. The molecule has 0 bridgehead atoms. The zero-order valence-electron chi connectivity index (χ0n) is 23.4. The van der Waals surface area contributed by atoms with Crippen molar-refractivity contribution in [2.45, 2.75) is 25.6 Å². The molecule has 1 aliphatic heterocycles. The Balaban J connectivity index is 1.70. The summed E-state index contributed by atoms with van der Waals surface area (Å²) in [6, 6.07) is 11.2. The van der Waals surface area contributed by atoms with E-state index in [1.165, 1.54) is 31.5 Å². The van der Waals surface area contributed by atoms with Crippen molar-refractivity contribution in [1.82, 2.24) is 19.7 Å². The number of alkyl halides is 1. The zero-order chi connectivity index (χ0) is 30.7. The first-order valence-electron chi connectivity index (χ1n) is 13.4. The number of methoxy groups -OCH3 is 1. The van der Waals surface area contributed by atoms with Gasteiger partial charge in [-0.3, -0.25) is 0 Å². The molecule has 43 heavy (non-hydrogen) atoms. The van der Waals surface area contributed by atoms with Gasteiger partial charge in [-0.2, -0.15) is 5.26 Å². The quantitative estimate of drug-likeness (QED) is 0.239. The number of ether oxygens (including phenoxy) is 2. The van der Waals surface area contributed by atoms with Gasteiger partial charge in [0.15, 0.2) is 5.82 Å². The van der Waals surface area contributed by atoms with Crippen LogP contribution in [0.3, 0.4) is 0 Å². The van der Waals surface area contributed by atoms with Crippen molar-refractivity contribution in [2.75, 3.05) is 44.0 Å². The first-order valence-corrected chi connectivity index (χ1v) is 14.6. The maximum absolute atomic E-state index is 15.8. The highest BCUT2D eigenvalue weighted by Gasteiger charge is 2.27. The molecule has 2 unspecified atom stereocenters. The van der Waals surface area contributed by atoms with Crippen molar-refractivity contribution in [3.8, 4) is 34.3 Å². The van der Waals surface area contributed by atoms with E-state index in [4.69, 9.17) is 25.2 Å². The number of nitrogens with one attached hydrogen (secondary N) is 1. The maximum Gasteiger partial charge on any atom is 0.201 e. The fraction of sp³-hybridized carbons (Fsp3) is 0.310. The number of nitrogens with zero attached hydrogens (tertiary/aromatic N) is 5. The van der Waals surface area contributed by atoms with E-state index in [1.54, 1.807) is 18.2 Å². The Morgan fingerprint density at radius 1 is 1.28 bits per heavy atom. The first-order chi connectivity index (χ1) is 20.7. The molecule has 224 valence electrons. The number of anilines is 2. The summed E-state index contributed by atoms with van der Waals surface area (Å²) in [5.41, 5.74) is 7.20. The van der Waals surface area contributed by atoms with Crippen LogP contribution in [0, 0.1) is 17.1 Å². The lowest BCUT2D eigenvalue weighted by atomic mass is 9.97. The third kappa shape index (κ3) is 6.19. The number of fused-ring (bicyclic) bond motifs is 1. The number of halogens is 2. The summed E-state index contributed by atoms with van der Waals surface area (Å²) < 4.78 is 65.9. The summed E-state index contributed by atoms with van der Waals surface area (Å²) in [7, 11) is -1.42. The summed E-state index contributed by atoms with van der Waals surface area (Å²) >= 11 is 0. The number of morpholine rings is 1. The van der Waals surface area contributed by atoms with Gasteiger partial charge in [0.25, 0.3) is 0 Å². The molecule has 2 atom stereocenters. The number of nitrogens with two attached hydrogens (primary N) is 1. The zero-order valence-corrected chi connectivity index (χ0v) is 24.3. The van der Waals surface area contributed by atoms with Gasteiger partial charge in [0.2, 0.25) is 10.9 Å². The number of rotatable bonds is 9. The molecule has 4 aromatic rings. The summed E-state index contributed by atoms with van der Waals surface area (Å²) in [6.45, 7) is 3.25. The predicted octanol–water partition coefficient (Wildman–Crippen LogP) is 3.70. The van der Waals surface area contributed by atoms with Crippen molar-refractivity contribution in [3.05, 3.63) is 59.5 Å². The van der Waals surface area contributed by atoms with E-state index in [9.17, 15) is 13.7 Å². The first kappa shape index (κ1) is 30.0. The second-order valence-corrected chi connectivity index (χ2v) is 10.8. The third-order valence-corrected chi connectivity index (χ3v) is 7.69. The Morgan fingerprint density at radius 2 is 2.09 bits per heavy atom. The number of hydrogen-bond acceptors (Lipinski definition) is 10. The monoisotopic (exact) mass is 609 g/mol. The molecule has 0 spiro atoms. The maximum atomic E-state index is 15.8. The number of nitriles is 1. The molecule has 0 saturated carbocycles. The molecule has 0 radical (unpaired) electrons. The van der Waals surface area contributed by atoms with Gasteiger partial charge in [-0.1, -0.05) is 18.2 Å². The van der Waals surface area contributed by atoms with Crippen LogP contribution in [0.15, 0.2) is 42.6 Å². The predicted molar refractivity (Wildman–Crippen MR) is 158 cm³/mol. The lowest BCUT2D eigenvalue weighted by Gasteiger charge is -2.35. The minimum Gasteiger partial charge on any atom is -0.494 e. The summed E-state index contributed by atoms with van der Waals surface area (Å²) in [4.78, 5) is 15.8. The van der Waals surface area contributed by atoms with E-state index < -0.39 is 22.9 Å². The number of hydrogen-bond donors (Lipinski definition) is 3. The molecule has 0 aliphatic carbocycles. The molecule has 1 fully saturated rings. The van der Waals surface area contributed by atoms with Crippen LogP contribution in [0.25, 0.3) is 33.4 Å². The number of benzene rings is 2. The van der Waals surface area contributed by atoms with Gasteiger partial charge in [-0.25, -0.2) is 36.9 Å². The van der Waals surface area contributed by atoms with Crippen molar-refractivity contribution in [3.63, 3.8) is 0 Å². The number of pyridine rings is 1. The molecule has 5 rings (SSSR count). The van der Waals surface area contributed by atoms with E-state index in [0.717, 1.165) is 0 Å². The Morgan fingerprint density at radius 3 is 2.81 bits per heavy atom. The van der Waals surface area contributed by atoms with Crippen molar-refractivity contribution in [1.29, 1.82) is 5.26 Å². The minimum absolute atomic E-state index is 0.0698. The van der Waals surface area contributed by atoms with Crippen LogP contribution >= 0.6 is 0 Å². The van der Waals surface area contributed by atoms with Crippen LogP contribution in [0.5, 0.6) is 5.75 Å². The molecule has 2 aromatic carbocycles. The molecular formula is C29H29F2N7O4S. The highest BCUT2D eigenvalue weighted by Crippen LogP contribution is 2.40. The molecule has 0 amide bonds. The van der Waals surface area contributed by atoms with Gasteiger partial charge < -0.3 is 20.1 Å². The van der Waals surface area contributed by atoms with E-state index in [1.807, 2.05) is 6.92 Å². The van der Waals surface area contributed by atoms with Crippen LogP contribution in [-0.2, 0) is 15.6 Å². The van der Waals surface area contributed by atoms with Gasteiger partial charge in [0.05, 0.1) is 37.5 Å². The van der Waals surface area contributed by atoms with Gasteiger partial charge in [0, 0.05) is 35.8 Å². The van der Waals surface area contributed by atoms with Crippen molar-refractivity contribution < 1.29 is 26.7 Å². The summed E-state index contributed by atoms with van der Waals surface area (Å²) in [5.74, 6) is 0.480. The van der Waals surface area contributed by atoms with Crippen LogP contribution in [0.2, 0.25) is 0 Å². The second-order valence-electron chi connectivity index (χ2n) is 9.96. The lowest BCUT2D eigenvalue weighted by Crippen LogP contribution is -2.44. The molecular weight excluding hydrogens is 580 g/mol. The molecule has 2 aromatic heterocycles. The highest BCUT2D eigenvalue weighted by molar-refractivity contribution is 7.70. The van der Waals surface area contributed by atoms with Gasteiger partial charge >= 0.3 is 0 Å². The molecule has 3 heterocycles. The Bertz CT molecular complexity index is 1790. The van der Waals surface area contributed by atoms with Gasteiger partial charge in [-0.15, -0.1) is 0 Å². The Labute approximate surface area is 248 Å². The number of thiol groups is 1. The van der Waals surface area contributed by atoms with Crippen LogP contribution in [-0.4, -0.2) is 62.8 Å². The van der Waals surface area contributed by atoms with Crippen LogP contribution < -0.4 is 20.1 Å². The van der Waals surface area contributed by atoms with Gasteiger partial charge in [0.1, 0.15) is 41.0 Å². The second kappa shape index (κ2) is 12.8. The smallest absolute Gasteiger partial charge is 0.201 e. The minimum atomic E-state index is -2.88. The topological polar surface area (TPSA) is 156 Å². The SMILES string of the molecule is COc1cc(-c2cccc(C(F)CCN[SH](=O)=O)c2F)cc2c(N3CCOCC3C)nc(-c3cnc(N)cc3C#N)nc12. The molecule has 1 saturated heterocycles. The normalized spacial score (nSPS) is 15.9. The molecule has 3 N–H and O–H groups in total. The third-order valence-electron chi connectivity index (χ3n) is 7.21. The Hall–Kier alpha value is -4.45. The number of nitrogen functional groups attached to an aromatic ring is 1. The summed E-state index contributed by atoms with van der Waals surface area (Å²) in [5, 5.41) is 10.3.